The van der Waals surface area contributed by atoms with Crippen LogP contribution in [0.15, 0.2) is 48.5 Å². The quantitative estimate of drug-likeness (QED) is 0.839. The fourth-order valence-electron chi connectivity index (χ4n) is 2.21. The van der Waals surface area contributed by atoms with Crippen molar-refractivity contribution >= 4 is 17.5 Å². The molecule has 0 aliphatic heterocycles. The molecule has 0 unspecified atom stereocenters. The summed E-state index contributed by atoms with van der Waals surface area (Å²) in [6, 6.07) is 13.9. The smallest absolute Gasteiger partial charge is 0.255 e. The Balaban J connectivity index is 1.99. The highest BCUT2D eigenvalue weighted by atomic mass is 16.5. The maximum absolute atomic E-state index is 12.3. The van der Waals surface area contributed by atoms with Crippen LogP contribution in [0.4, 0.5) is 5.69 Å². The number of carbonyl (C=O) groups is 2. The molecule has 0 bridgehead atoms. The Morgan fingerprint density at radius 1 is 0.800 bits per heavy atom. The molecule has 2 rings (SSSR count). The van der Waals surface area contributed by atoms with Crippen LogP contribution in [0, 0.1) is 0 Å². The van der Waals surface area contributed by atoms with Crippen molar-refractivity contribution in [3.8, 4) is 5.75 Å². The fraction of sp³-hybridized carbons (Fsp3) is 0.300. The van der Waals surface area contributed by atoms with Crippen LogP contribution in [0.2, 0.25) is 0 Å². The zero-order valence-corrected chi connectivity index (χ0v) is 15.0. The van der Waals surface area contributed by atoms with Gasteiger partial charge in [-0.2, -0.15) is 0 Å². The SMILES string of the molecule is CC(C)NC(=O)c1ccc(NC(=O)c2ccc(OC(C)C)cc2)cc1. The number of amides is 2. The summed E-state index contributed by atoms with van der Waals surface area (Å²) in [6.45, 7) is 7.71. The molecule has 0 aromatic heterocycles. The summed E-state index contributed by atoms with van der Waals surface area (Å²) in [4.78, 5) is 24.2. The van der Waals surface area contributed by atoms with Gasteiger partial charge in [-0.15, -0.1) is 0 Å². The minimum absolute atomic E-state index is 0.0783. The molecule has 2 N–H and O–H groups in total. The van der Waals surface area contributed by atoms with E-state index in [9.17, 15) is 9.59 Å². The molecule has 5 heteroatoms. The molecule has 0 fully saturated rings. The molecule has 132 valence electrons. The lowest BCUT2D eigenvalue weighted by atomic mass is 10.1. The van der Waals surface area contributed by atoms with Crippen LogP contribution >= 0.6 is 0 Å². The Morgan fingerprint density at radius 3 is 1.84 bits per heavy atom. The van der Waals surface area contributed by atoms with Crippen molar-refractivity contribution in [3.63, 3.8) is 0 Å². The highest BCUT2D eigenvalue weighted by Gasteiger charge is 2.09. The lowest BCUT2D eigenvalue weighted by Gasteiger charge is -2.11. The fourth-order valence-corrected chi connectivity index (χ4v) is 2.21. The standard InChI is InChI=1S/C20H24N2O3/c1-13(2)21-19(23)15-5-9-17(10-6-15)22-20(24)16-7-11-18(12-8-16)25-14(3)4/h5-14H,1-4H3,(H,21,23)(H,22,24). The Morgan fingerprint density at radius 2 is 1.32 bits per heavy atom. The highest BCUT2D eigenvalue weighted by Crippen LogP contribution is 2.16. The first-order valence-corrected chi connectivity index (χ1v) is 8.34. The van der Waals surface area contributed by atoms with Gasteiger partial charge in [0.05, 0.1) is 6.10 Å². The van der Waals surface area contributed by atoms with Crippen molar-refractivity contribution in [2.24, 2.45) is 0 Å². The summed E-state index contributed by atoms with van der Waals surface area (Å²) in [5, 5.41) is 5.64. The first-order valence-electron chi connectivity index (χ1n) is 8.34. The third-order valence-electron chi connectivity index (χ3n) is 3.31. The summed E-state index contributed by atoms with van der Waals surface area (Å²) in [5.74, 6) is 0.385. The zero-order chi connectivity index (χ0) is 18.4. The van der Waals surface area contributed by atoms with Crippen molar-refractivity contribution < 1.29 is 14.3 Å². The van der Waals surface area contributed by atoms with E-state index in [1.54, 1.807) is 48.5 Å². The number of nitrogens with one attached hydrogen (secondary N) is 2. The van der Waals surface area contributed by atoms with Crippen molar-refractivity contribution in [3.05, 3.63) is 59.7 Å². The van der Waals surface area contributed by atoms with E-state index in [0.29, 0.717) is 16.8 Å². The second kappa shape index (κ2) is 8.33. The summed E-state index contributed by atoms with van der Waals surface area (Å²) in [6.07, 6.45) is 0.0890. The van der Waals surface area contributed by atoms with Gasteiger partial charge in [-0.3, -0.25) is 9.59 Å². The van der Waals surface area contributed by atoms with Gasteiger partial charge in [0.25, 0.3) is 11.8 Å². The second-order valence-electron chi connectivity index (χ2n) is 6.35. The Hall–Kier alpha value is -2.82. The molecule has 5 nitrogen and oxygen atoms in total. The van der Waals surface area contributed by atoms with E-state index in [1.807, 2.05) is 27.7 Å². The van der Waals surface area contributed by atoms with Crippen LogP contribution in [0.1, 0.15) is 48.4 Å². The topological polar surface area (TPSA) is 67.4 Å². The zero-order valence-electron chi connectivity index (χ0n) is 15.0. The van der Waals surface area contributed by atoms with Crippen LogP contribution in [0.25, 0.3) is 0 Å². The summed E-state index contributed by atoms with van der Waals surface area (Å²) < 4.78 is 5.56. The van der Waals surface area contributed by atoms with Gasteiger partial charge in [-0.25, -0.2) is 0 Å². The molecule has 0 aliphatic rings. The lowest BCUT2D eigenvalue weighted by Crippen LogP contribution is -2.30. The van der Waals surface area contributed by atoms with E-state index >= 15 is 0 Å². The van der Waals surface area contributed by atoms with Crippen LogP contribution in [0.5, 0.6) is 5.75 Å². The van der Waals surface area contributed by atoms with Gasteiger partial charge in [0, 0.05) is 22.9 Å². The Kier molecular flexibility index (Phi) is 6.17. The van der Waals surface area contributed by atoms with Gasteiger partial charge < -0.3 is 15.4 Å². The summed E-state index contributed by atoms with van der Waals surface area (Å²) in [7, 11) is 0. The average Bonchev–Trinajstić information content (AvgIpc) is 2.55. The van der Waals surface area contributed by atoms with Crippen molar-refractivity contribution in [1.82, 2.24) is 5.32 Å². The predicted molar refractivity (Wildman–Crippen MR) is 99.2 cm³/mol. The van der Waals surface area contributed by atoms with Gasteiger partial charge in [-0.1, -0.05) is 0 Å². The average molecular weight is 340 g/mol. The van der Waals surface area contributed by atoms with Crippen molar-refractivity contribution in [2.75, 3.05) is 5.32 Å². The molecule has 0 aliphatic carbocycles. The second-order valence-corrected chi connectivity index (χ2v) is 6.35. The van der Waals surface area contributed by atoms with Crippen LogP contribution < -0.4 is 15.4 Å². The number of rotatable bonds is 6. The maximum Gasteiger partial charge on any atom is 0.255 e. The number of carbonyl (C=O) groups excluding carboxylic acids is 2. The number of hydrogen-bond donors (Lipinski definition) is 2. The molecule has 2 amide bonds. The van der Waals surface area contributed by atoms with E-state index in [-0.39, 0.29) is 24.0 Å². The number of benzene rings is 2. The molecular weight excluding hydrogens is 316 g/mol. The lowest BCUT2D eigenvalue weighted by molar-refractivity contribution is 0.0942. The van der Waals surface area contributed by atoms with Gasteiger partial charge in [0.1, 0.15) is 5.75 Å². The molecule has 2 aromatic carbocycles. The number of anilines is 1. The van der Waals surface area contributed by atoms with E-state index in [4.69, 9.17) is 4.74 Å². The molecule has 0 saturated heterocycles. The molecule has 0 spiro atoms. The Bertz CT molecular complexity index is 720. The maximum atomic E-state index is 12.3. The van der Waals surface area contributed by atoms with Gasteiger partial charge >= 0.3 is 0 Å². The molecule has 0 heterocycles. The third-order valence-corrected chi connectivity index (χ3v) is 3.31. The molecule has 0 atom stereocenters. The monoisotopic (exact) mass is 340 g/mol. The molecule has 25 heavy (non-hydrogen) atoms. The third kappa shape index (κ3) is 5.64. The molecule has 0 radical (unpaired) electrons. The van der Waals surface area contributed by atoms with Gasteiger partial charge in [-0.05, 0) is 76.2 Å². The minimum Gasteiger partial charge on any atom is -0.491 e. The normalized spacial score (nSPS) is 10.6. The predicted octanol–water partition coefficient (Wildman–Crippen LogP) is 3.86. The largest absolute Gasteiger partial charge is 0.491 e. The van der Waals surface area contributed by atoms with Crippen LogP contribution in [-0.4, -0.2) is 24.0 Å². The number of hydrogen-bond acceptors (Lipinski definition) is 3. The molecular formula is C20H24N2O3. The van der Waals surface area contributed by atoms with E-state index in [2.05, 4.69) is 10.6 Å². The van der Waals surface area contributed by atoms with E-state index < -0.39 is 0 Å². The summed E-state index contributed by atoms with van der Waals surface area (Å²) >= 11 is 0. The van der Waals surface area contributed by atoms with Gasteiger partial charge in [0.2, 0.25) is 0 Å². The minimum atomic E-state index is -0.213. The van der Waals surface area contributed by atoms with Crippen molar-refractivity contribution in [2.45, 2.75) is 39.8 Å². The summed E-state index contributed by atoms with van der Waals surface area (Å²) in [5.41, 5.74) is 1.73. The van der Waals surface area contributed by atoms with Gasteiger partial charge in [0.15, 0.2) is 0 Å². The first kappa shape index (κ1) is 18.5. The van der Waals surface area contributed by atoms with Crippen LogP contribution in [0.3, 0.4) is 0 Å². The Labute approximate surface area is 148 Å². The van der Waals surface area contributed by atoms with Crippen molar-refractivity contribution in [1.29, 1.82) is 0 Å². The van der Waals surface area contributed by atoms with E-state index in [1.165, 1.54) is 0 Å². The number of ether oxygens (including phenoxy) is 1. The molecule has 2 aromatic rings. The first-order chi connectivity index (χ1) is 11.8. The molecule has 0 saturated carbocycles. The highest BCUT2D eigenvalue weighted by molar-refractivity contribution is 6.04. The van der Waals surface area contributed by atoms with Crippen LogP contribution in [-0.2, 0) is 0 Å². The van der Waals surface area contributed by atoms with E-state index in [0.717, 1.165) is 5.75 Å².